The van der Waals surface area contributed by atoms with Crippen LogP contribution < -0.4 is 5.32 Å². The molecule has 0 fully saturated rings. The number of rotatable bonds is 5. The van der Waals surface area contributed by atoms with Gasteiger partial charge in [0.2, 0.25) is 5.91 Å². The predicted octanol–water partition coefficient (Wildman–Crippen LogP) is 4.37. The number of amides is 1. The molecular formula is C17H20N2O2S2. The Balaban J connectivity index is 1.91. The Morgan fingerprint density at radius 3 is 2.65 bits per heavy atom. The molecule has 1 amide bonds. The fraction of sp³-hybridized carbons (Fsp3) is 0.353. The molecule has 0 bridgehead atoms. The third-order valence-electron chi connectivity index (χ3n) is 3.13. The topological polar surface area (TPSA) is 59.1 Å². The monoisotopic (exact) mass is 348 g/mol. The maximum atomic E-state index is 12.0. The van der Waals surface area contributed by atoms with Crippen LogP contribution in [0, 0.1) is 0 Å². The first-order valence-corrected chi connectivity index (χ1v) is 9.12. The number of thioether (sulfide) groups is 1. The van der Waals surface area contributed by atoms with Gasteiger partial charge in [0, 0.05) is 22.0 Å². The quantitative estimate of drug-likeness (QED) is 0.644. The molecule has 0 radical (unpaired) electrons. The van der Waals surface area contributed by atoms with Crippen molar-refractivity contribution in [2.24, 2.45) is 0 Å². The molecule has 23 heavy (non-hydrogen) atoms. The summed E-state index contributed by atoms with van der Waals surface area (Å²) in [6.07, 6.45) is 0. The largest absolute Gasteiger partial charge is 0.325 e. The molecule has 0 unspecified atom stereocenters. The zero-order chi connectivity index (χ0) is 17.0. The SMILES string of the molecule is CC(=O)c1cccc(NC(=O)CSc2nc(C(C)(C)C)cs2)c1. The van der Waals surface area contributed by atoms with E-state index in [1.165, 1.54) is 18.7 Å². The normalized spacial score (nSPS) is 11.3. The van der Waals surface area contributed by atoms with Crippen LogP contribution in [0.4, 0.5) is 5.69 Å². The molecule has 4 nitrogen and oxygen atoms in total. The number of benzene rings is 1. The number of carbonyl (C=O) groups is 2. The van der Waals surface area contributed by atoms with E-state index in [1.807, 2.05) is 5.38 Å². The van der Waals surface area contributed by atoms with E-state index in [0.717, 1.165) is 10.0 Å². The third kappa shape index (κ3) is 5.18. The van der Waals surface area contributed by atoms with Gasteiger partial charge in [-0.1, -0.05) is 44.7 Å². The van der Waals surface area contributed by atoms with E-state index in [9.17, 15) is 9.59 Å². The third-order valence-corrected chi connectivity index (χ3v) is 5.15. The Hall–Kier alpha value is -1.66. The molecule has 0 saturated heterocycles. The number of hydrogen-bond donors (Lipinski definition) is 1. The van der Waals surface area contributed by atoms with E-state index < -0.39 is 0 Å². The molecule has 1 N–H and O–H groups in total. The second-order valence-corrected chi connectivity index (χ2v) is 8.30. The van der Waals surface area contributed by atoms with Gasteiger partial charge in [-0.2, -0.15) is 0 Å². The summed E-state index contributed by atoms with van der Waals surface area (Å²) >= 11 is 2.98. The van der Waals surface area contributed by atoms with Gasteiger partial charge in [-0.15, -0.1) is 11.3 Å². The summed E-state index contributed by atoms with van der Waals surface area (Å²) in [5, 5.41) is 4.85. The van der Waals surface area contributed by atoms with Crippen molar-refractivity contribution in [2.75, 3.05) is 11.1 Å². The molecule has 2 aromatic rings. The molecule has 0 aliphatic carbocycles. The average molecular weight is 348 g/mol. The van der Waals surface area contributed by atoms with Gasteiger partial charge in [-0.05, 0) is 19.1 Å². The lowest BCUT2D eigenvalue weighted by atomic mass is 9.93. The van der Waals surface area contributed by atoms with E-state index in [1.54, 1.807) is 35.6 Å². The average Bonchev–Trinajstić information content (AvgIpc) is 2.94. The standard InChI is InChI=1S/C17H20N2O2S2/c1-11(20)12-6-5-7-13(8-12)18-15(21)10-23-16-19-14(9-22-16)17(2,3)4/h5-9H,10H2,1-4H3,(H,18,21). The molecule has 122 valence electrons. The molecule has 0 atom stereocenters. The van der Waals surface area contributed by atoms with Crippen LogP contribution in [0.15, 0.2) is 34.0 Å². The zero-order valence-electron chi connectivity index (χ0n) is 13.7. The molecule has 6 heteroatoms. The highest BCUT2D eigenvalue weighted by Gasteiger charge is 2.18. The van der Waals surface area contributed by atoms with Gasteiger partial charge in [0.15, 0.2) is 10.1 Å². The van der Waals surface area contributed by atoms with Crippen LogP contribution in [0.2, 0.25) is 0 Å². The maximum absolute atomic E-state index is 12.0. The zero-order valence-corrected chi connectivity index (χ0v) is 15.3. The smallest absolute Gasteiger partial charge is 0.234 e. The van der Waals surface area contributed by atoms with Gasteiger partial charge in [-0.25, -0.2) is 4.98 Å². The van der Waals surface area contributed by atoms with Crippen molar-refractivity contribution >= 4 is 40.5 Å². The molecule has 0 aliphatic rings. The predicted molar refractivity (Wildman–Crippen MR) is 96.6 cm³/mol. The number of anilines is 1. The van der Waals surface area contributed by atoms with Crippen molar-refractivity contribution in [2.45, 2.75) is 37.4 Å². The van der Waals surface area contributed by atoms with Crippen LogP contribution in [0.5, 0.6) is 0 Å². The van der Waals surface area contributed by atoms with Crippen LogP contribution >= 0.6 is 23.1 Å². The fourth-order valence-electron chi connectivity index (χ4n) is 1.81. The summed E-state index contributed by atoms with van der Waals surface area (Å²) in [5.74, 6) is 0.165. The van der Waals surface area contributed by atoms with Crippen LogP contribution in [0.1, 0.15) is 43.7 Å². The molecule has 0 saturated carbocycles. The number of thiazole rings is 1. The Bertz CT molecular complexity index is 717. The number of aromatic nitrogens is 1. The van der Waals surface area contributed by atoms with Crippen LogP contribution in [-0.4, -0.2) is 22.4 Å². The number of carbonyl (C=O) groups excluding carboxylic acids is 2. The lowest BCUT2D eigenvalue weighted by Gasteiger charge is -2.14. The van der Waals surface area contributed by atoms with Gasteiger partial charge < -0.3 is 5.32 Å². The van der Waals surface area contributed by atoms with Crippen molar-refractivity contribution in [1.29, 1.82) is 0 Å². The molecular weight excluding hydrogens is 328 g/mol. The number of hydrogen-bond acceptors (Lipinski definition) is 5. The molecule has 1 heterocycles. The molecule has 0 aliphatic heterocycles. The highest BCUT2D eigenvalue weighted by molar-refractivity contribution is 8.01. The van der Waals surface area contributed by atoms with E-state index >= 15 is 0 Å². The summed E-state index contributed by atoms with van der Waals surface area (Å²) in [4.78, 5) is 27.9. The van der Waals surface area contributed by atoms with E-state index in [4.69, 9.17) is 0 Å². The fourth-order valence-corrected chi connectivity index (χ4v) is 3.66. The molecule has 1 aromatic heterocycles. The minimum Gasteiger partial charge on any atom is -0.325 e. The Labute approximate surface area is 144 Å². The lowest BCUT2D eigenvalue weighted by Crippen LogP contribution is -2.14. The summed E-state index contributed by atoms with van der Waals surface area (Å²) < 4.78 is 0.891. The first-order chi connectivity index (χ1) is 10.8. The van der Waals surface area contributed by atoms with E-state index in [-0.39, 0.29) is 17.1 Å². The minimum atomic E-state index is -0.108. The molecule has 2 rings (SSSR count). The van der Waals surface area contributed by atoms with Gasteiger partial charge in [0.1, 0.15) is 0 Å². The first-order valence-electron chi connectivity index (χ1n) is 7.25. The second-order valence-electron chi connectivity index (χ2n) is 6.22. The van der Waals surface area contributed by atoms with Crippen LogP contribution in [0.3, 0.4) is 0 Å². The summed E-state index contributed by atoms with van der Waals surface area (Å²) in [7, 11) is 0. The maximum Gasteiger partial charge on any atom is 0.234 e. The highest BCUT2D eigenvalue weighted by atomic mass is 32.2. The number of ketones is 1. The Morgan fingerprint density at radius 2 is 2.04 bits per heavy atom. The molecule has 1 aromatic carbocycles. The highest BCUT2D eigenvalue weighted by Crippen LogP contribution is 2.29. The Kier molecular flexibility index (Phi) is 5.59. The van der Waals surface area contributed by atoms with Crippen molar-refractivity contribution < 1.29 is 9.59 Å². The number of nitrogens with one attached hydrogen (secondary N) is 1. The lowest BCUT2D eigenvalue weighted by molar-refractivity contribution is -0.113. The first kappa shape index (κ1) is 17.7. The second kappa shape index (κ2) is 7.27. The Morgan fingerprint density at radius 1 is 1.30 bits per heavy atom. The minimum absolute atomic E-state index is 0.0186. The van der Waals surface area contributed by atoms with E-state index in [2.05, 4.69) is 31.1 Å². The van der Waals surface area contributed by atoms with E-state index in [0.29, 0.717) is 17.0 Å². The van der Waals surface area contributed by atoms with Gasteiger partial charge in [-0.3, -0.25) is 9.59 Å². The summed E-state index contributed by atoms with van der Waals surface area (Å²) in [6.45, 7) is 7.85. The van der Waals surface area contributed by atoms with Crippen LogP contribution in [0.25, 0.3) is 0 Å². The molecule has 0 spiro atoms. The summed E-state index contributed by atoms with van der Waals surface area (Å²) in [6, 6.07) is 6.95. The van der Waals surface area contributed by atoms with Gasteiger partial charge >= 0.3 is 0 Å². The van der Waals surface area contributed by atoms with Gasteiger partial charge in [0.25, 0.3) is 0 Å². The van der Waals surface area contributed by atoms with Crippen molar-refractivity contribution in [3.63, 3.8) is 0 Å². The van der Waals surface area contributed by atoms with Crippen molar-refractivity contribution in [1.82, 2.24) is 4.98 Å². The van der Waals surface area contributed by atoms with Crippen molar-refractivity contribution in [3.8, 4) is 0 Å². The van der Waals surface area contributed by atoms with Gasteiger partial charge in [0.05, 0.1) is 11.4 Å². The van der Waals surface area contributed by atoms with Crippen molar-refractivity contribution in [3.05, 3.63) is 40.9 Å². The van der Waals surface area contributed by atoms with Crippen LogP contribution in [-0.2, 0) is 10.2 Å². The number of Topliss-reactive ketones (excluding diaryl/α,β-unsaturated/α-hetero) is 1. The number of nitrogens with zero attached hydrogens (tertiary/aromatic N) is 1. The summed E-state index contributed by atoms with van der Waals surface area (Å²) in [5.41, 5.74) is 2.28.